The molecule has 1 heterocycles. The summed E-state index contributed by atoms with van der Waals surface area (Å²) >= 11 is 0. The molecule has 0 saturated carbocycles. The Morgan fingerprint density at radius 3 is 2.41 bits per heavy atom. The van der Waals surface area contributed by atoms with Crippen LogP contribution in [0, 0.1) is 5.41 Å². The smallest absolute Gasteiger partial charge is 0.310 e. The summed E-state index contributed by atoms with van der Waals surface area (Å²) in [6, 6.07) is 11.7. The second kappa shape index (κ2) is 8.93. The van der Waals surface area contributed by atoms with Gasteiger partial charge in [0.1, 0.15) is 6.04 Å². The molecule has 1 atom stereocenters. The first-order valence-corrected chi connectivity index (χ1v) is 8.55. The summed E-state index contributed by atoms with van der Waals surface area (Å²) in [7, 11) is 0. The molecule has 7 heteroatoms. The lowest BCUT2D eigenvalue weighted by molar-refractivity contribution is -0.146. The monoisotopic (exact) mass is 369 g/mol. The molecule has 0 spiro atoms. The third-order valence-corrected chi connectivity index (χ3v) is 4.11. The number of pyridine rings is 1. The van der Waals surface area contributed by atoms with Gasteiger partial charge in [0, 0.05) is 25.4 Å². The van der Waals surface area contributed by atoms with Crippen LogP contribution >= 0.6 is 0 Å². The van der Waals surface area contributed by atoms with Gasteiger partial charge in [-0.3, -0.25) is 19.4 Å². The number of nitrogens with one attached hydrogen (secondary N) is 2. The molecule has 0 aliphatic heterocycles. The highest BCUT2D eigenvalue weighted by atomic mass is 16.4. The number of aromatic nitrogens is 1. The Morgan fingerprint density at radius 1 is 1.11 bits per heavy atom. The number of carbonyl (C=O) groups excluding carboxylic acids is 2. The fourth-order valence-corrected chi connectivity index (χ4v) is 2.30. The summed E-state index contributed by atoms with van der Waals surface area (Å²) < 4.78 is 0. The predicted octanol–water partition coefficient (Wildman–Crippen LogP) is 1.65. The average molecular weight is 369 g/mol. The van der Waals surface area contributed by atoms with Crippen molar-refractivity contribution in [3.63, 3.8) is 0 Å². The van der Waals surface area contributed by atoms with Crippen molar-refractivity contribution >= 4 is 17.8 Å². The molecule has 2 aromatic rings. The van der Waals surface area contributed by atoms with E-state index in [1.54, 1.807) is 18.3 Å². The molecule has 0 fully saturated rings. The Hall–Kier alpha value is -3.22. The largest absolute Gasteiger partial charge is 0.481 e. The summed E-state index contributed by atoms with van der Waals surface area (Å²) in [6.45, 7) is 3.00. The third-order valence-electron chi connectivity index (χ3n) is 4.11. The lowest BCUT2D eigenvalue weighted by Crippen LogP contribution is -2.50. The molecule has 3 N–H and O–H groups in total. The predicted molar refractivity (Wildman–Crippen MR) is 100 cm³/mol. The molecule has 27 heavy (non-hydrogen) atoms. The van der Waals surface area contributed by atoms with Crippen molar-refractivity contribution in [1.29, 1.82) is 0 Å². The number of amides is 2. The molecule has 0 aliphatic rings. The maximum Gasteiger partial charge on any atom is 0.310 e. The summed E-state index contributed by atoms with van der Waals surface area (Å²) in [5, 5.41) is 14.5. The number of hydrogen-bond acceptors (Lipinski definition) is 4. The molecule has 1 unspecified atom stereocenters. The van der Waals surface area contributed by atoms with Crippen LogP contribution in [0.25, 0.3) is 0 Å². The summed E-state index contributed by atoms with van der Waals surface area (Å²) in [5.41, 5.74) is 0.108. The van der Waals surface area contributed by atoms with Gasteiger partial charge in [0.2, 0.25) is 5.91 Å². The van der Waals surface area contributed by atoms with E-state index in [4.69, 9.17) is 0 Å². The van der Waals surface area contributed by atoms with Crippen molar-refractivity contribution in [3.8, 4) is 0 Å². The van der Waals surface area contributed by atoms with Gasteiger partial charge >= 0.3 is 5.97 Å². The molecule has 2 amide bonds. The minimum absolute atomic E-state index is 0.0464. The van der Waals surface area contributed by atoms with Gasteiger partial charge in [-0.1, -0.05) is 30.3 Å². The first kappa shape index (κ1) is 20.1. The van der Waals surface area contributed by atoms with E-state index in [9.17, 15) is 19.5 Å². The Balaban J connectivity index is 2.12. The van der Waals surface area contributed by atoms with Gasteiger partial charge in [-0.25, -0.2) is 0 Å². The maximum absolute atomic E-state index is 12.6. The lowest BCUT2D eigenvalue weighted by atomic mass is 9.93. The first-order valence-electron chi connectivity index (χ1n) is 8.55. The van der Waals surface area contributed by atoms with Crippen molar-refractivity contribution < 1.29 is 19.5 Å². The normalized spacial score (nSPS) is 12.1. The van der Waals surface area contributed by atoms with Crippen LogP contribution in [0.3, 0.4) is 0 Å². The minimum Gasteiger partial charge on any atom is -0.481 e. The number of carboxylic acid groups (broad SMARTS) is 1. The molecule has 142 valence electrons. The van der Waals surface area contributed by atoms with Crippen LogP contribution in [0.4, 0.5) is 0 Å². The molecule has 2 rings (SSSR count). The van der Waals surface area contributed by atoms with Gasteiger partial charge in [0.05, 0.1) is 11.0 Å². The number of benzene rings is 1. The SMILES string of the molecule is CC(C)(CNC(=O)C(Cc1ccccc1)NC(=O)c1cccnc1)C(=O)O. The number of nitrogens with zero attached hydrogens (tertiary/aromatic N) is 1. The van der Waals surface area contributed by atoms with Crippen LogP contribution in [0.5, 0.6) is 0 Å². The van der Waals surface area contributed by atoms with Crippen molar-refractivity contribution in [2.45, 2.75) is 26.3 Å². The zero-order valence-electron chi connectivity index (χ0n) is 15.3. The van der Waals surface area contributed by atoms with Crippen molar-refractivity contribution in [3.05, 3.63) is 66.0 Å². The van der Waals surface area contributed by atoms with E-state index in [-0.39, 0.29) is 13.0 Å². The summed E-state index contributed by atoms with van der Waals surface area (Å²) in [5.74, 6) is -1.87. The second-order valence-corrected chi connectivity index (χ2v) is 6.86. The third kappa shape index (κ3) is 5.91. The van der Waals surface area contributed by atoms with Gasteiger partial charge in [-0.2, -0.15) is 0 Å². The molecule has 1 aromatic heterocycles. The van der Waals surface area contributed by atoms with Crippen molar-refractivity contribution in [2.75, 3.05) is 6.54 Å². The number of rotatable bonds is 8. The second-order valence-electron chi connectivity index (χ2n) is 6.86. The standard InChI is InChI=1S/C20H23N3O4/c1-20(2,19(26)27)13-22-18(25)16(11-14-7-4-3-5-8-14)23-17(24)15-9-6-10-21-12-15/h3-10,12,16H,11,13H2,1-2H3,(H,22,25)(H,23,24)(H,26,27). The van der Waals surface area contributed by atoms with Gasteiger partial charge in [-0.15, -0.1) is 0 Å². The van der Waals surface area contributed by atoms with E-state index in [1.165, 1.54) is 20.0 Å². The van der Waals surface area contributed by atoms with E-state index in [2.05, 4.69) is 15.6 Å². The quantitative estimate of drug-likeness (QED) is 0.656. The topological polar surface area (TPSA) is 108 Å². The zero-order valence-corrected chi connectivity index (χ0v) is 15.3. The first-order chi connectivity index (χ1) is 12.8. The molecule has 0 radical (unpaired) electrons. The van der Waals surface area contributed by atoms with E-state index in [0.29, 0.717) is 5.56 Å². The van der Waals surface area contributed by atoms with Gasteiger partial charge in [0.25, 0.3) is 5.91 Å². The number of carboxylic acids is 1. The van der Waals surface area contributed by atoms with E-state index >= 15 is 0 Å². The highest BCUT2D eigenvalue weighted by Gasteiger charge is 2.29. The highest BCUT2D eigenvalue weighted by molar-refractivity contribution is 5.97. The Morgan fingerprint density at radius 2 is 1.81 bits per heavy atom. The van der Waals surface area contributed by atoms with Crippen LogP contribution in [-0.2, 0) is 16.0 Å². The van der Waals surface area contributed by atoms with Crippen molar-refractivity contribution in [1.82, 2.24) is 15.6 Å². The maximum atomic E-state index is 12.6. The molecule has 7 nitrogen and oxygen atoms in total. The molecule has 0 bridgehead atoms. The fraction of sp³-hybridized carbons (Fsp3) is 0.300. The number of aliphatic carboxylic acids is 1. The Kier molecular flexibility index (Phi) is 6.65. The average Bonchev–Trinajstić information content (AvgIpc) is 2.67. The van der Waals surface area contributed by atoms with Gasteiger partial charge in [0.15, 0.2) is 0 Å². The van der Waals surface area contributed by atoms with Gasteiger partial charge in [-0.05, 0) is 31.5 Å². The molecular formula is C20H23N3O4. The Bertz CT molecular complexity index is 791. The summed E-state index contributed by atoms with van der Waals surface area (Å²) in [6.07, 6.45) is 3.26. The van der Waals surface area contributed by atoms with Crippen molar-refractivity contribution in [2.24, 2.45) is 5.41 Å². The van der Waals surface area contributed by atoms with Crippen LogP contribution in [-0.4, -0.2) is 40.5 Å². The van der Waals surface area contributed by atoms with Crippen LogP contribution in [0.15, 0.2) is 54.9 Å². The zero-order chi connectivity index (χ0) is 19.9. The molecular weight excluding hydrogens is 346 g/mol. The molecule has 0 saturated heterocycles. The van der Waals surface area contributed by atoms with Gasteiger partial charge < -0.3 is 15.7 Å². The van der Waals surface area contributed by atoms with Crippen LogP contribution in [0.2, 0.25) is 0 Å². The van der Waals surface area contributed by atoms with E-state index < -0.39 is 29.2 Å². The molecule has 0 aliphatic carbocycles. The molecule has 1 aromatic carbocycles. The number of hydrogen-bond donors (Lipinski definition) is 3. The lowest BCUT2D eigenvalue weighted by Gasteiger charge is -2.23. The number of carbonyl (C=O) groups is 3. The van der Waals surface area contributed by atoms with Crippen LogP contribution < -0.4 is 10.6 Å². The Labute approximate surface area is 157 Å². The van der Waals surface area contributed by atoms with E-state index in [0.717, 1.165) is 5.56 Å². The van der Waals surface area contributed by atoms with E-state index in [1.807, 2.05) is 30.3 Å². The highest BCUT2D eigenvalue weighted by Crippen LogP contribution is 2.13. The minimum atomic E-state index is -1.11. The summed E-state index contributed by atoms with van der Waals surface area (Å²) in [4.78, 5) is 40.2. The fourth-order valence-electron chi connectivity index (χ4n) is 2.30. The van der Waals surface area contributed by atoms with Crippen LogP contribution in [0.1, 0.15) is 29.8 Å².